The number of nitrogens with zero attached hydrogens (tertiary/aromatic N) is 1. The van der Waals surface area contributed by atoms with Crippen molar-refractivity contribution < 1.29 is 23.1 Å². The lowest BCUT2D eigenvalue weighted by Crippen LogP contribution is -2.48. The summed E-state index contributed by atoms with van der Waals surface area (Å²) in [6, 6.07) is 4.70. The first-order valence-corrected chi connectivity index (χ1v) is 6.11. The van der Waals surface area contributed by atoms with E-state index < -0.39 is 17.3 Å². The molecule has 1 rings (SSSR count). The zero-order chi connectivity index (χ0) is 15.6. The number of carbonyl (C=O) groups excluding carboxylic acids is 1. The average Bonchev–Trinajstić information content (AvgIpc) is 2.37. The fraction of sp³-hybridized carbons (Fsp3) is 0.500. The molecule has 0 saturated carbocycles. The Morgan fingerprint density at radius 3 is 2.40 bits per heavy atom. The minimum atomic E-state index is -4.42. The number of likely N-dealkylation sites (N-methyl/N-ethyl adjacent to an activating group) is 1. The van der Waals surface area contributed by atoms with Crippen LogP contribution in [-0.2, 0) is 17.4 Å². The molecular formula is C14H18F3NO2. The Bertz CT molecular complexity index is 484. The first-order valence-electron chi connectivity index (χ1n) is 6.11. The van der Waals surface area contributed by atoms with Gasteiger partial charge in [-0.3, -0.25) is 4.79 Å². The quantitative estimate of drug-likeness (QED) is 0.925. The Labute approximate surface area is 116 Å². The molecule has 1 amide bonds. The number of hydrogen-bond acceptors (Lipinski definition) is 2. The molecule has 0 aliphatic heterocycles. The molecule has 3 nitrogen and oxygen atoms in total. The van der Waals surface area contributed by atoms with Crippen LogP contribution in [0.5, 0.6) is 0 Å². The molecule has 0 unspecified atom stereocenters. The van der Waals surface area contributed by atoms with Gasteiger partial charge in [-0.05, 0) is 25.5 Å². The Hall–Kier alpha value is -1.56. The van der Waals surface area contributed by atoms with E-state index in [0.29, 0.717) is 5.56 Å². The Morgan fingerprint density at radius 2 is 1.90 bits per heavy atom. The van der Waals surface area contributed by atoms with Crippen LogP contribution in [-0.4, -0.2) is 35.1 Å². The highest BCUT2D eigenvalue weighted by Gasteiger charge is 2.31. The molecular weight excluding hydrogens is 271 g/mol. The predicted octanol–water partition coefficient (Wildman–Crippen LogP) is 2.48. The molecule has 20 heavy (non-hydrogen) atoms. The number of halogens is 3. The van der Waals surface area contributed by atoms with Gasteiger partial charge in [0.2, 0.25) is 5.91 Å². The summed E-state index contributed by atoms with van der Waals surface area (Å²) < 4.78 is 37.7. The summed E-state index contributed by atoms with van der Waals surface area (Å²) >= 11 is 0. The molecule has 0 aliphatic carbocycles. The van der Waals surface area contributed by atoms with Gasteiger partial charge < -0.3 is 10.0 Å². The van der Waals surface area contributed by atoms with E-state index in [-0.39, 0.29) is 18.9 Å². The number of carbonyl (C=O) groups is 1. The number of amides is 1. The third kappa shape index (κ3) is 3.96. The molecule has 0 fully saturated rings. The van der Waals surface area contributed by atoms with Gasteiger partial charge in [-0.15, -0.1) is 0 Å². The lowest BCUT2D eigenvalue weighted by atomic mass is 10.0. The average molecular weight is 289 g/mol. The van der Waals surface area contributed by atoms with Gasteiger partial charge in [0.15, 0.2) is 0 Å². The maximum Gasteiger partial charge on any atom is 0.416 e. The van der Waals surface area contributed by atoms with Gasteiger partial charge in [0.05, 0.1) is 24.1 Å². The fourth-order valence-electron chi connectivity index (χ4n) is 1.59. The van der Waals surface area contributed by atoms with Crippen molar-refractivity contribution in [1.29, 1.82) is 0 Å². The van der Waals surface area contributed by atoms with E-state index in [1.165, 1.54) is 24.1 Å². The standard InChI is InChI=1S/C14H18F3NO2/c1-13(2,9-19)18(3)12(20)8-10-5-4-6-11(7-10)14(15,16)17/h4-7,19H,8-9H2,1-3H3. The van der Waals surface area contributed by atoms with Crippen molar-refractivity contribution in [3.8, 4) is 0 Å². The van der Waals surface area contributed by atoms with Gasteiger partial charge in [-0.1, -0.05) is 18.2 Å². The first kappa shape index (κ1) is 16.5. The van der Waals surface area contributed by atoms with Crippen molar-refractivity contribution in [2.75, 3.05) is 13.7 Å². The fourth-order valence-corrected chi connectivity index (χ4v) is 1.59. The van der Waals surface area contributed by atoms with Crippen LogP contribution >= 0.6 is 0 Å². The molecule has 0 heterocycles. The van der Waals surface area contributed by atoms with Crippen LogP contribution in [0.25, 0.3) is 0 Å². The highest BCUT2D eigenvalue weighted by Crippen LogP contribution is 2.29. The predicted molar refractivity (Wildman–Crippen MR) is 69.1 cm³/mol. The van der Waals surface area contributed by atoms with Crippen molar-refractivity contribution in [1.82, 2.24) is 4.90 Å². The summed E-state index contributed by atoms with van der Waals surface area (Å²) in [4.78, 5) is 13.4. The topological polar surface area (TPSA) is 40.5 Å². The van der Waals surface area contributed by atoms with E-state index in [1.54, 1.807) is 13.8 Å². The van der Waals surface area contributed by atoms with Crippen LogP contribution in [0.1, 0.15) is 25.0 Å². The van der Waals surface area contributed by atoms with Crippen LogP contribution in [0, 0.1) is 0 Å². The highest BCUT2D eigenvalue weighted by molar-refractivity contribution is 5.79. The molecule has 0 aliphatic rings. The second kappa shape index (κ2) is 5.83. The largest absolute Gasteiger partial charge is 0.416 e. The first-order chi connectivity index (χ1) is 9.08. The zero-order valence-electron chi connectivity index (χ0n) is 11.7. The van der Waals surface area contributed by atoms with E-state index in [9.17, 15) is 23.1 Å². The minimum Gasteiger partial charge on any atom is -0.394 e. The number of aliphatic hydroxyl groups excluding tert-OH is 1. The molecule has 1 aromatic rings. The number of hydrogen-bond donors (Lipinski definition) is 1. The van der Waals surface area contributed by atoms with Crippen molar-refractivity contribution in [2.24, 2.45) is 0 Å². The molecule has 0 aromatic heterocycles. The smallest absolute Gasteiger partial charge is 0.394 e. The van der Waals surface area contributed by atoms with E-state index >= 15 is 0 Å². The third-order valence-corrected chi connectivity index (χ3v) is 3.28. The summed E-state index contributed by atoms with van der Waals surface area (Å²) in [6.07, 6.45) is -4.56. The Morgan fingerprint density at radius 1 is 1.30 bits per heavy atom. The van der Waals surface area contributed by atoms with Gasteiger partial charge in [-0.25, -0.2) is 0 Å². The molecule has 0 spiro atoms. The molecule has 0 saturated heterocycles. The number of rotatable bonds is 4. The lowest BCUT2D eigenvalue weighted by molar-refractivity contribution is -0.138. The summed E-state index contributed by atoms with van der Waals surface area (Å²) in [6.45, 7) is 3.13. The lowest BCUT2D eigenvalue weighted by Gasteiger charge is -2.34. The summed E-state index contributed by atoms with van der Waals surface area (Å²) in [5.41, 5.74) is -1.23. The van der Waals surface area contributed by atoms with Gasteiger partial charge in [0.1, 0.15) is 0 Å². The van der Waals surface area contributed by atoms with Crippen molar-refractivity contribution in [3.05, 3.63) is 35.4 Å². The monoisotopic (exact) mass is 289 g/mol. The van der Waals surface area contributed by atoms with Crippen LogP contribution in [0.4, 0.5) is 13.2 Å². The second-order valence-corrected chi connectivity index (χ2v) is 5.30. The van der Waals surface area contributed by atoms with E-state index in [2.05, 4.69) is 0 Å². The SMILES string of the molecule is CN(C(=O)Cc1cccc(C(F)(F)F)c1)C(C)(C)CO. The van der Waals surface area contributed by atoms with Gasteiger partial charge in [-0.2, -0.15) is 13.2 Å². The van der Waals surface area contributed by atoms with Crippen molar-refractivity contribution >= 4 is 5.91 Å². The molecule has 1 N–H and O–H groups in total. The Kier molecular flexibility index (Phi) is 4.81. The second-order valence-electron chi connectivity index (χ2n) is 5.30. The van der Waals surface area contributed by atoms with Crippen LogP contribution < -0.4 is 0 Å². The van der Waals surface area contributed by atoms with Crippen molar-refractivity contribution in [2.45, 2.75) is 32.0 Å². The molecule has 0 radical (unpaired) electrons. The van der Waals surface area contributed by atoms with Crippen LogP contribution in [0.15, 0.2) is 24.3 Å². The molecule has 0 atom stereocenters. The molecule has 112 valence electrons. The van der Waals surface area contributed by atoms with E-state index in [1.807, 2.05) is 0 Å². The molecule has 1 aromatic carbocycles. The normalized spacial score (nSPS) is 12.3. The van der Waals surface area contributed by atoms with E-state index in [4.69, 9.17) is 0 Å². The number of alkyl halides is 3. The van der Waals surface area contributed by atoms with Crippen LogP contribution in [0.3, 0.4) is 0 Å². The summed E-state index contributed by atoms with van der Waals surface area (Å²) in [5.74, 6) is -0.344. The molecule has 6 heteroatoms. The van der Waals surface area contributed by atoms with Gasteiger partial charge >= 0.3 is 6.18 Å². The van der Waals surface area contributed by atoms with Gasteiger partial charge in [0, 0.05) is 7.05 Å². The number of aliphatic hydroxyl groups is 1. The van der Waals surface area contributed by atoms with E-state index in [0.717, 1.165) is 12.1 Å². The zero-order valence-corrected chi connectivity index (χ0v) is 11.7. The summed E-state index contributed by atoms with van der Waals surface area (Å²) in [5, 5.41) is 9.19. The van der Waals surface area contributed by atoms with Gasteiger partial charge in [0.25, 0.3) is 0 Å². The summed E-state index contributed by atoms with van der Waals surface area (Å²) in [7, 11) is 1.52. The third-order valence-electron chi connectivity index (χ3n) is 3.28. The van der Waals surface area contributed by atoms with Crippen LogP contribution in [0.2, 0.25) is 0 Å². The molecule has 0 bridgehead atoms. The maximum absolute atomic E-state index is 12.6. The Balaban J connectivity index is 2.87. The van der Waals surface area contributed by atoms with Crippen molar-refractivity contribution in [3.63, 3.8) is 0 Å². The highest BCUT2D eigenvalue weighted by atomic mass is 19.4. The maximum atomic E-state index is 12.6. The minimum absolute atomic E-state index is 0.135. The number of benzene rings is 1.